The second-order valence-electron chi connectivity index (χ2n) is 2.81. The Kier molecular flexibility index (Phi) is 21.5. The van der Waals surface area contributed by atoms with Gasteiger partial charge in [-0.1, -0.05) is 0 Å². The first-order valence-corrected chi connectivity index (χ1v) is 4.70. The summed E-state index contributed by atoms with van der Waals surface area (Å²) in [6.07, 6.45) is -1.16. The minimum atomic E-state index is -0.289. The van der Waals surface area contributed by atoms with Crippen LogP contribution >= 0.6 is 0 Å². The number of rotatable bonds is 0. The summed E-state index contributed by atoms with van der Waals surface area (Å²) in [6.45, 7) is 13.3. The van der Waals surface area contributed by atoms with Gasteiger partial charge in [0.05, 0.1) is 0 Å². The monoisotopic (exact) mass is 246 g/mol. The molecule has 1 aliphatic heterocycles. The first-order chi connectivity index (χ1) is 6.58. The molecule has 1 saturated heterocycles. The summed E-state index contributed by atoms with van der Waals surface area (Å²) < 4.78 is 21.2. The summed E-state index contributed by atoms with van der Waals surface area (Å²) in [6, 6.07) is 0. The van der Waals surface area contributed by atoms with E-state index in [0.717, 1.165) is 0 Å². The molecule has 1 aliphatic rings. The maximum absolute atomic E-state index is 5.31. The molecule has 0 atom stereocenters. The van der Waals surface area contributed by atoms with Crippen LogP contribution in [0.2, 0.25) is 0 Å². The van der Waals surface area contributed by atoms with E-state index in [1.54, 1.807) is 0 Å². The molecule has 0 aliphatic carbocycles. The summed E-state index contributed by atoms with van der Waals surface area (Å²) in [4.78, 5) is 0. The van der Waals surface area contributed by atoms with Crippen LogP contribution in [0, 0.1) is 0 Å². The van der Waals surface area contributed by atoms with Gasteiger partial charge in [-0.3, -0.25) is 0 Å². The molecule has 6 nitrogen and oxygen atoms in total. The summed E-state index contributed by atoms with van der Waals surface area (Å²) in [5.74, 6) is 0. The van der Waals surface area contributed by atoms with Gasteiger partial charge in [-0.2, -0.15) is 0 Å². The van der Waals surface area contributed by atoms with Gasteiger partial charge in [-0.25, -0.2) is 0 Å². The fourth-order valence-corrected chi connectivity index (χ4v) is 1.21. The zero-order valence-corrected chi connectivity index (χ0v) is 10.8. The van der Waals surface area contributed by atoms with Crippen molar-refractivity contribution in [1.29, 1.82) is 0 Å². The van der Waals surface area contributed by atoms with Crippen molar-refractivity contribution < 1.29 is 18.9 Å². The molecule has 0 radical (unpaired) electrons. The molecule has 7 heteroatoms. The molecule has 1 heterocycles. The standard InChI is InChI=1S/C8H16O4.C2H4.Li.2H3N.H/c1-5-9-6(2)11-8(4)12-7(3)10-5;1-2;;;;/h5-8H,1-4H3;1-2H2;;2*1H3;. The third-order valence-corrected chi connectivity index (χ3v) is 1.53. The number of hydrogen-bond donors (Lipinski definition) is 2. The van der Waals surface area contributed by atoms with Gasteiger partial charge in [0, 0.05) is 0 Å². The zero-order valence-electron chi connectivity index (χ0n) is 10.8. The summed E-state index contributed by atoms with van der Waals surface area (Å²) >= 11 is 0. The molecule has 102 valence electrons. The van der Waals surface area contributed by atoms with Crippen molar-refractivity contribution in [3.63, 3.8) is 0 Å². The Morgan fingerprint density at radius 2 is 0.706 bits per heavy atom. The Morgan fingerprint density at radius 1 is 0.588 bits per heavy atom. The molecule has 0 aromatic rings. The van der Waals surface area contributed by atoms with Crippen LogP contribution in [-0.4, -0.2) is 44.0 Å². The van der Waals surface area contributed by atoms with E-state index in [4.69, 9.17) is 18.9 Å². The van der Waals surface area contributed by atoms with E-state index in [0.29, 0.717) is 0 Å². The van der Waals surface area contributed by atoms with Gasteiger partial charge < -0.3 is 31.2 Å². The average Bonchev–Trinajstić information content (AvgIpc) is 2.03. The molecule has 6 N–H and O–H groups in total. The Morgan fingerprint density at radius 3 is 0.824 bits per heavy atom. The third-order valence-electron chi connectivity index (χ3n) is 1.53. The quantitative estimate of drug-likeness (QED) is 0.499. The SMILES string of the molecule is C=C.CC1OC(C)OC(C)OC(C)O1.N.N.[LiH]. The van der Waals surface area contributed by atoms with Crippen molar-refractivity contribution in [2.24, 2.45) is 0 Å². The van der Waals surface area contributed by atoms with Crippen LogP contribution in [-0.2, 0) is 18.9 Å². The van der Waals surface area contributed by atoms with E-state index in [1.807, 2.05) is 27.7 Å². The van der Waals surface area contributed by atoms with Gasteiger partial charge in [-0.15, -0.1) is 13.2 Å². The molecular weight excluding hydrogens is 219 g/mol. The maximum atomic E-state index is 5.31. The van der Waals surface area contributed by atoms with E-state index in [9.17, 15) is 0 Å². The van der Waals surface area contributed by atoms with Gasteiger partial charge in [0.25, 0.3) is 0 Å². The Hall–Kier alpha value is 0.0974. The van der Waals surface area contributed by atoms with E-state index < -0.39 is 0 Å². The third kappa shape index (κ3) is 12.3. The molecule has 0 spiro atoms. The van der Waals surface area contributed by atoms with Gasteiger partial charge in [-0.05, 0) is 27.7 Å². The summed E-state index contributed by atoms with van der Waals surface area (Å²) in [5.41, 5.74) is 0. The summed E-state index contributed by atoms with van der Waals surface area (Å²) in [5, 5.41) is 0. The first kappa shape index (κ1) is 25.8. The van der Waals surface area contributed by atoms with Crippen LogP contribution in [0.4, 0.5) is 0 Å². The second-order valence-corrected chi connectivity index (χ2v) is 2.81. The molecule has 0 unspecified atom stereocenters. The molecule has 0 bridgehead atoms. The fraction of sp³-hybridized carbons (Fsp3) is 0.800. The Balaban J connectivity index is -0.000000160. The van der Waals surface area contributed by atoms with Crippen molar-refractivity contribution in [1.82, 2.24) is 12.3 Å². The molecule has 1 fully saturated rings. The normalized spacial score (nSPS) is 32.0. The predicted molar refractivity (Wildman–Crippen MR) is 70.6 cm³/mol. The van der Waals surface area contributed by atoms with Crippen LogP contribution in [0.1, 0.15) is 27.7 Å². The van der Waals surface area contributed by atoms with Crippen LogP contribution in [0.15, 0.2) is 13.2 Å². The van der Waals surface area contributed by atoms with E-state index in [-0.39, 0.29) is 56.3 Å². The Bertz CT molecular complexity index is 125. The van der Waals surface area contributed by atoms with Crippen molar-refractivity contribution in [2.75, 3.05) is 0 Å². The van der Waals surface area contributed by atoms with Crippen molar-refractivity contribution in [3.05, 3.63) is 13.2 Å². The van der Waals surface area contributed by atoms with E-state index >= 15 is 0 Å². The molecule has 0 aromatic carbocycles. The van der Waals surface area contributed by atoms with Crippen LogP contribution in [0.3, 0.4) is 0 Å². The van der Waals surface area contributed by atoms with Crippen molar-refractivity contribution in [3.8, 4) is 0 Å². The van der Waals surface area contributed by atoms with Crippen LogP contribution in [0.25, 0.3) is 0 Å². The summed E-state index contributed by atoms with van der Waals surface area (Å²) in [7, 11) is 0. The number of ether oxygens (including phenoxy) is 4. The van der Waals surface area contributed by atoms with Crippen LogP contribution < -0.4 is 12.3 Å². The molecule has 0 saturated carbocycles. The Labute approximate surface area is 116 Å². The van der Waals surface area contributed by atoms with Crippen LogP contribution in [0.5, 0.6) is 0 Å². The molecule has 17 heavy (non-hydrogen) atoms. The first-order valence-electron chi connectivity index (χ1n) is 4.70. The second kappa shape index (κ2) is 14.2. The van der Waals surface area contributed by atoms with Crippen molar-refractivity contribution >= 4 is 18.9 Å². The van der Waals surface area contributed by atoms with E-state index in [2.05, 4.69) is 13.2 Å². The fourth-order valence-electron chi connectivity index (χ4n) is 1.21. The van der Waals surface area contributed by atoms with Gasteiger partial charge in [0.2, 0.25) is 0 Å². The van der Waals surface area contributed by atoms with Gasteiger partial charge >= 0.3 is 18.9 Å². The average molecular weight is 246 g/mol. The van der Waals surface area contributed by atoms with Gasteiger partial charge in [0.1, 0.15) is 0 Å². The minimum absolute atomic E-state index is 0. The zero-order chi connectivity index (χ0) is 11.1. The van der Waals surface area contributed by atoms with Crippen molar-refractivity contribution in [2.45, 2.75) is 52.9 Å². The van der Waals surface area contributed by atoms with E-state index in [1.165, 1.54) is 0 Å². The molecule has 0 aromatic heterocycles. The molecular formula is C10H27LiN2O4. The topological polar surface area (TPSA) is 107 Å². The number of hydrogen-bond acceptors (Lipinski definition) is 6. The predicted octanol–water partition coefficient (Wildman–Crippen LogP) is 1.93. The molecule has 0 amide bonds. The van der Waals surface area contributed by atoms with Gasteiger partial charge in [0.15, 0.2) is 25.2 Å². The molecule has 1 rings (SSSR count).